The predicted molar refractivity (Wildman–Crippen MR) is 78.3 cm³/mol. The molecule has 0 aliphatic rings. The van der Waals surface area contributed by atoms with Gasteiger partial charge in [0.2, 0.25) is 0 Å². The molecule has 0 bridgehead atoms. The first-order valence-corrected chi connectivity index (χ1v) is 6.64. The number of amides is 1. The summed E-state index contributed by atoms with van der Waals surface area (Å²) < 4.78 is 0. The number of carbonyl (C=O) groups excluding carboxylic acids is 1. The Labute approximate surface area is 126 Å². The summed E-state index contributed by atoms with van der Waals surface area (Å²) in [5, 5.41) is 12.2. The minimum Gasteiger partial charge on any atom is -0.480 e. The number of benzene rings is 1. The van der Waals surface area contributed by atoms with E-state index in [1.54, 1.807) is 36.4 Å². The largest absolute Gasteiger partial charge is 0.480 e. The van der Waals surface area contributed by atoms with Gasteiger partial charge in [0.15, 0.2) is 0 Å². The monoisotopic (exact) mass is 304 g/mol. The van der Waals surface area contributed by atoms with Crippen LogP contribution < -0.4 is 5.32 Å². The average molecular weight is 305 g/mol. The van der Waals surface area contributed by atoms with Crippen molar-refractivity contribution < 1.29 is 14.7 Å². The van der Waals surface area contributed by atoms with E-state index in [1.807, 2.05) is 0 Å². The summed E-state index contributed by atoms with van der Waals surface area (Å²) in [7, 11) is 0. The molecule has 6 heteroatoms. The maximum absolute atomic E-state index is 12.0. The van der Waals surface area contributed by atoms with Crippen molar-refractivity contribution >= 4 is 23.5 Å². The number of carboxylic acid groups (broad SMARTS) is 1. The van der Waals surface area contributed by atoms with E-state index in [1.165, 1.54) is 12.3 Å². The molecule has 0 saturated carbocycles. The highest BCUT2D eigenvalue weighted by Gasteiger charge is 2.22. The third-order valence-corrected chi connectivity index (χ3v) is 3.25. The second-order valence-corrected chi connectivity index (χ2v) is 4.78. The van der Waals surface area contributed by atoms with Crippen LogP contribution in [0.2, 0.25) is 5.02 Å². The van der Waals surface area contributed by atoms with E-state index in [0.29, 0.717) is 10.6 Å². The molecule has 0 saturated heterocycles. The Balaban J connectivity index is 2.12. The Kier molecular flexibility index (Phi) is 4.90. The lowest BCUT2D eigenvalue weighted by molar-refractivity contribution is -0.139. The van der Waals surface area contributed by atoms with Gasteiger partial charge >= 0.3 is 5.97 Å². The van der Waals surface area contributed by atoms with Gasteiger partial charge in [0.1, 0.15) is 11.7 Å². The minimum atomic E-state index is -1.13. The van der Waals surface area contributed by atoms with Gasteiger partial charge in [-0.15, -0.1) is 0 Å². The average Bonchev–Trinajstić information content (AvgIpc) is 2.49. The second kappa shape index (κ2) is 6.85. The molecule has 2 aromatic rings. The zero-order valence-electron chi connectivity index (χ0n) is 11.0. The maximum Gasteiger partial charge on any atom is 0.326 e. The number of nitrogens with one attached hydrogen (secondary N) is 1. The Hall–Kier alpha value is -2.40. The first kappa shape index (κ1) is 15.0. The summed E-state index contributed by atoms with van der Waals surface area (Å²) in [6.07, 6.45) is 1.58. The third-order valence-electron chi connectivity index (χ3n) is 2.88. The molecule has 0 aliphatic heterocycles. The summed E-state index contributed by atoms with van der Waals surface area (Å²) in [6, 6.07) is 10.7. The van der Waals surface area contributed by atoms with Crippen LogP contribution in [0, 0.1) is 0 Å². The van der Waals surface area contributed by atoms with Crippen LogP contribution in [-0.4, -0.2) is 28.0 Å². The van der Waals surface area contributed by atoms with Crippen LogP contribution >= 0.6 is 11.6 Å². The lowest BCUT2D eigenvalue weighted by atomic mass is 10.1. The van der Waals surface area contributed by atoms with E-state index in [0.717, 1.165) is 0 Å². The number of halogens is 1. The summed E-state index contributed by atoms with van der Waals surface area (Å²) in [5.41, 5.74) is 0.829. The van der Waals surface area contributed by atoms with Crippen molar-refractivity contribution in [2.24, 2.45) is 0 Å². The van der Waals surface area contributed by atoms with E-state index in [2.05, 4.69) is 10.3 Å². The van der Waals surface area contributed by atoms with E-state index in [9.17, 15) is 14.7 Å². The fourth-order valence-corrected chi connectivity index (χ4v) is 2.03. The van der Waals surface area contributed by atoms with Crippen LogP contribution in [0.4, 0.5) is 0 Å². The molecule has 0 fully saturated rings. The number of aliphatic carboxylic acids is 1. The number of aromatic nitrogens is 1. The number of carboxylic acids is 1. The molecular formula is C15H13ClN2O3. The number of rotatable bonds is 5. The van der Waals surface area contributed by atoms with Gasteiger partial charge in [0.25, 0.3) is 5.91 Å². The fourth-order valence-electron chi connectivity index (χ4n) is 1.81. The van der Waals surface area contributed by atoms with Crippen LogP contribution in [-0.2, 0) is 11.2 Å². The van der Waals surface area contributed by atoms with Gasteiger partial charge in [0.05, 0.1) is 0 Å². The molecule has 0 spiro atoms. The van der Waals surface area contributed by atoms with Crippen molar-refractivity contribution in [3.05, 3.63) is 64.9 Å². The van der Waals surface area contributed by atoms with Crippen LogP contribution in [0.5, 0.6) is 0 Å². The van der Waals surface area contributed by atoms with Crippen molar-refractivity contribution in [3.63, 3.8) is 0 Å². The van der Waals surface area contributed by atoms with Crippen LogP contribution in [0.3, 0.4) is 0 Å². The summed E-state index contributed by atoms with van der Waals surface area (Å²) in [5.74, 6) is -1.66. The van der Waals surface area contributed by atoms with Crippen molar-refractivity contribution in [1.29, 1.82) is 0 Å². The lowest BCUT2D eigenvalue weighted by Gasteiger charge is -2.15. The van der Waals surface area contributed by atoms with Crippen molar-refractivity contribution in [1.82, 2.24) is 10.3 Å². The molecule has 2 rings (SSSR count). The Morgan fingerprint density at radius 2 is 1.90 bits per heavy atom. The molecule has 21 heavy (non-hydrogen) atoms. The number of hydrogen-bond acceptors (Lipinski definition) is 3. The molecule has 108 valence electrons. The van der Waals surface area contributed by atoms with Gasteiger partial charge in [-0.3, -0.25) is 9.78 Å². The van der Waals surface area contributed by atoms with Gasteiger partial charge < -0.3 is 10.4 Å². The first-order chi connectivity index (χ1) is 10.1. The smallest absolute Gasteiger partial charge is 0.326 e. The number of carbonyl (C=O) groups is 2. The molecule has 5 nitrogen and oxygen atoms in total. The molecule has 1 aromatic heterocycles. The first-order valence-electron chi connectivity index (χ1n) is 6.26. The van der Waals surface area contributed by atoms with Gasteiger partial charge in [-0.25, -0.2) is 4.79 Å². The summed E-state index contributed by atoms with van der Waals surface area (Å²) in [6.45, 7) is 0. The molecule has 0 radical (unpaired) electrons. The number of hydrogen-bond donors (Lipinski definition) is 2. The highest BCUT2D eigenvalue weighted by molar-refractivity contribution is 6.31. The fraction of sp³-hybridized carbons (Fsp3) is 0.133. The molecule has 1 amide bonds. The van der Waals surface area contributed by atoms with Crippen LogP contribution in [0.15, 0.2) is 48.7 Å². The zero-order valence-corrected chi connectivity index (χ0v) is 11.7. The van der Waals surface area contributed by atoms with Crippen molar-refractivity contribution in [2.45, 2.75) is 12.5 Å². The standard InChI is InChI=1S/C15H13ClN2O3/c16-11-6-2-1-5-10(11)9-13(15(20)21)18-14(19)12-7-3-4-8-17-12/h1-8,13H,9H2,(H,18,19)(H,20,21)/t13-/m1/s1. The van der Waals surface area contributed by atoms with Gasteiger partial charge in [-0.05, 0) is 23.8 Å². The van der Waals surface area contributed by atoms with Crippen molar-refractivity contribution in [2.75, 3.05) is 0 Å². The topological polar surface area (TPSA) is 79.3 Å². The minimum absolute atomic E-state index is 0.105. The normalized spacial score (nSPS) is 11.7. The molecule has 1 aromatic carbocycles. The Bertz CT molecular complexity index is 646. The van der Waals surface area contributed by atoms with Gasteiger partial charge in [-0.2, -0.15) is 0 Å². The highest BCUT2D eigenvalue weighted by Crippen LogP contribution is 2.16. The van der Waals surface area contributed by atoms with E-state index in [4.69, 9.17) is 11.6 Å². The summed E-state index contributed by atoms with van der Waals surface area (Å²) in [4.78, 5) is 27.2. The Morgan fingerprint density at radius 3 is 2.52 bits per heavy atom. The van der Waals surface area contributed by atoms with E-state index in [-0.39, 0.29) is 12.1 Å². The zero-order chi connectivity index (χ0) is 15.2. The molecule has 1 heterocycles. The lowest BCUT2D eigenvalue weighted by Crippen LogP contribution is -2.42. The number of nitrogens with zero attached hydrogens (tertiary/aromatic N) is 1. The van der Waals surface area contributed by atoms with E-state index >= 15 is 0 Å². The van der Waals surface area contributed by atoms with Crippen molar-refractivity contribution in [3.8, 4) is 0 Å². The van der Waals surface area contributed by atoms with Crippen LogP contribution in [0.25, 0.3) is 0 Å². The predicted octanol–water partition coefficient (Wildman–Crippen LogP) is 2.16. The third kappa shape index (κ3) is 4.03. The second-order valence-electron chi connectivity index (χ2n) is 4.37. The van der Waals surface area contributed by atoms with E-state index < -0.39 is 17.9 Å². The molecule has 2 N–H and O–H groups in total. The Morgan fingerprint density at radius 1 is 1.19 bits per heavy atom. The molecule has 1 atom stereocenters. The SMILES string of the molecule is O=C(N[C@H](Cc1ccccc1Cl)C(=O)O)c1ccccn1. The quantitative estimate of drug-likeness (QED) is 0.887. The number of pyridine rings is 1. The van der Waals surface area contributed by atoms with Crippen LogP contribution in [0.1, 0.15) is 16.1 Å². The van der Waals surface area contributed by atoms with Gasteiger partial charge in [0, 0.05) is 17.6 Å². The maximum atomic E-state index is 12.0. The van der Waals surface area contributed by atoms with Gasteiger partial charge in [-0.1, -0.05) is 35.9 Å². The summed E-state index contributed by atoms with van der Waals surface area (Å²) >= 11 is 6.01. The molecule has 0 unspecified atom stereocenters. The molecule has 0 aliphatic carbocycles. The highest BCUT2D eigenvalue weighted by atomic mass is 35.5. The molecular weight excluding hydrogens is 292 g/mol.